The molecule has 0 atom stereocenters. The summed E-state index contributed by atoms with van der Waals surface area (Å²) in [6.45, 7) is 1.81. The molecular formula is C10H15N3O. The Kier molecular flexibility index (Phi) is 2.54. The van der Waals surface area contributed by atoms with Gasteiger partial charge >= 0.3 is 0 Å². The van der Waals surface area contributed by atoms with Gasteiger partial charge in [-0.1, -0.05) is 0 Å². The Morgan fingerprint density at radius 2 is 2.43 bits per heavy atom. The van der Waals surface area contributed by atoms with Gasteiger partial charge < -0.3 is 15.7 Å². The Morgan fingerprint density at radius 3 is 3.21 bits per heavy atom. The van der Waals surface area contributed by atoms with Gasteiger partial charge in [-0.3, -0.25) is 0 Å². The fourth-order valence-corrected chi connectivity index (χ4v) is 1.89. The average Bonchev–Trinajstić information content (AvgIpc) is 2.18. The summed E-state index contributed by atoms with van der Waals surface area (Å²) < 4.78 is 0. The maximum Gasteiger partial charge on any atom is 0.131 e. The van der Waals surface area contributed by atoms with E-state index in [1.165, 1.54) is 5.56 Å². The average molecular weight is 193 g/mol. The molecule has 0 radical (unpaired) electrons. The third kappa shape index (κ3) is 1.65. The molecule has 76 valence electrons. The number of pyridine rings is 1. The van der Waals surface area contributed by atoms with Crippen LogP contribution < -0.4 is 10.6 Å². The molecule has 1 aliphatic rings. The number of fused-ring (bicyclic) bond motifs is 1. The first-order chi connectivity index (χ1) is 6.81. The Labute approximate surface area is 83.4 Å². The van der Waals surface area contributed by atoms with Gasteiger partial charge in [-0.2, -0.15) is 0 Å². The van der Waals surface area contributed by atoms with Gasteiger partial charge in [0, 0.05) is 13.1 Å². The zero-order valence-electron chi connectivity index (χ0n) is 8.11. The van der Waals surface area contributed by atoms with E-state index in [0.717, 1.165) is 30.9 Å². The summed E-state index contributed by atoms with van der Waals surface area (Å²) in [5.41, 5.74) is 7.59. The molecule has 0 spiro atoms. The van der Waals surface area contributed by atoms with E-state index in [0.29, 0.717) is 6.54 Å². The summed E-state index contributed by atoms with van der Waals surface area (Å²) in [5.74, 6) is 0.986. The first-order valence-corrected chi connectivity index (χ1v) is 4.91. The Balaban J connectivity index is 2.30. The third-order valence-electron chi connectivity index (χ3n) is 2.51. The van der Waals surface area contributed by atoms with Crippen LogP contribution in [0.5, 0.6) is 0 Å². The maximum atomic E-state index is 8.90. The Hall–Kier alpha value is -1.29. The highest BCUT2D eigenvalue weighted by Gasteiger charge is 2.17. The normalized spacial score (nSPS) is 15.4. The van der Waals surface area contributed by atoms with Crippen LogP contribution in [0, 0.1) is 0 Å². The topological polar surface area (TPSA) is 62.4 Å². The van der Waals surface area contributed by atoms with E-state index in [4.69, 9.17) is 10.8 Å². The second kappa shape index (κ2) is 3.84. The molecule has 1 aromatic heterocycles. The number of hydrogen-bond donors (Lipinski definition) is 2. The number of aromatic nitrogens is 1. The zero-order valence-corrected chi connectivity index (χ0v) is 8.11. The molecule has 0 fully saturated rings. The summed E-state index contributed by atoms with van der Waals surface area (Å²) in [4.78, 5) is 6.42. The van der Waals surface area contributed by atoms with Crippen molar-refractivity contribution in [1.82, 2.24) is 4.98 Å². The molecule has 14 heavy (non-hydrogen) atoms. The van der Waals surface area contributed by atoms with Crippen LogP contribution in [0.25, 0.3) is 0 Å². The lowest BCUT2D eigenvalue weighted by atomic mass is 10.1. The van der Waals surface area contributed by atoms with Gasteiger partial charge in [0.1, 0.15) is 5.82 Å². The molecule has 1 aromatic rings. The highest BCUT2D eigenvalue weighted by atomic mass is 16.3. The van der Waals surface area contributed by atoms with Crippen LogP contribution in [-0.2, 0) is 6.42 Å². The summed E-state index contributed by atoms with van der Waals surface area (Å²) in [7, 11) is 0. The second-order valence-corrected chi connectivity index (χ2v) is 3.57. The van der Waals surface area contributed by atoms with Gasteiger partial charge in [0.05, 0.1) is 18.5 Å². The van der Waals surface area contributed by atoms with Crippen molar-refractivity contribution in [3.8, 4) is 0 Å². The molecule has 0 aromatic carbocycles. The highest BCUT2D eigenvalue weighted by Crippen LogP contribution is 2.25. The fourth-order valence-electron chi connectivity index (χ4n) is 1.89. The van der Waals surface area contributed by atoms with Gasteiger partial charge in [0.15, 0.2) is 0 Å². The molecule has 2 heterocycles. The largest absolute Gasteiger partial charge is 0.397 e. The van der Waals surface area contributed by atoms with Crippen molar-refractivity contribution in [3.63, 3.8) is 0 Å². The van der Waals surface area contributed by atoms with Crippen molar-refractivity contribution in [1.29, 1.82) is 0 Å². The Bertz CT molecular complexity index is 327. The number of aliphatic hydroxyl groups is 1. The lowest BCUT2D eigenvalue weighted by Crippen LogP contribution is -2.32. The van der Waals surface area contributed by atoms with Crippen LogP contribution in [0.3, 0.4) is 0 Å². The summed E-state index contributed by atoms with van der Waals surface area (Å²) in [5, 5.41) is 8.90. The van der Waals surface area contributed by atoms with Gasteiger partial charge in [-0.15, -0.1) is 0 Å². The summed E-state index contributed by atoms with van der Waals surface area (Å²) in [6.07, 6.45) is 3.82. The van der Waals surface area contributed by atoms with Crippen LogP contribution >= 0.6 is 0 Å². The maximum absolute atomic E-state index is 8.90. The molecule has 0 bridgehead atoms. The molecule has 0 saturated heterocycles. The lowest BCUT2D eigenvalue weighted by molar-refractivity contribution is 0.300. The molecule has 3 N–H and O–H groups in total. The van der Waals surface area contributed by atoms with Crippen LogP contribution in [0.1, 0.15) is 12.0 Å². The smallest absolute Gasteiger partial charge is 0.131 e. The molecule has 4 heteroatoms. The van der Waals surface area contributed by atoms with E-state index in [-0.39, 0.29) is 6.61 Å². The van der Waals surface area contributed by atoms with E-state index in [2.05, 4.69) is 9.88 Å². The number of anilines is 2. The van der Waals surface area contributed by atoms with Crippen molar-refractivity contribution in [3.05, 3.63) is 17.8 Å². The van der Waals surface area contributed by atoms with Crippen LogP contribution in [0.4, 0.5) is 11.5 Å². The summed E-state index contributed by atoms with van der Waals surface area (Å²) >= 11 is 0. The quantitative estimate of drug-likeness (QED) is 0.714. The van der Waals surface area contributed by atoms with Crippen molar-refractivity contribution in [2.75, 3.05) is 30.3 Å². The predicted octanol–water partition coefficient (Wildman–Crippen LogP) is 0.409. The van der Waals surface area contributed by atoms with Gasteiger partial charge in [-0.05, 0) is 24.5 Å². The molecule has 0 amide bonds. The zero-order chi connectivity index (χ0) is 9.97. The van der Waals surface area contributed by atoms with E-state index >= 15 is 0 Å². The highest BCUT2D eigenvalue weighted by molar-refractivity contribution is 5.54. The van der Waals surface area contributed by atoms with Gasteiger partial charge in [-0.25, -0.2) is 4.98 Å². The minimum absolute atomic E-state index is 0.172. The number of nitrogens with two attached hydrogens (primary N) is 1. The fraction of sp³-hybridized carbons (Fsp3) is 0.500. The lowest BCUT2D eigenvalue weighted by Gasteiger charge is -2.29. The Morgan fingerprint density at radius 1 is 1.57 bits per heavy atom. The first-order valence-electron chi connectivity index (χ1n) is 4.91. The summed E-state index contributed by atoms with van der Waals surface area (Å²) in [6, 6.07) is 1.98. The number of aliphatic hydroxyl groups excluding tert-OH is 1. The van der Waals surface area contributed by atoms with E-state index in [1.807, 2.05) is 6.07 Å². The number of β-amino-alcohol motifs (C(OH)–C–C–N with tert-alkyl or cyclic N) is 1. The number of aryl methyl sites for hydroxylation is 1. The monoisotopic (exact) mass is 193 g/mol. The van der Waals surface area contributed by atoms with Crippen molar-refractivity contribution in [2.45, 2.75) is 12.8 Å². The van der Waals surface area contributed by atoms with E-state index in [9.17, 15) is 0 Å². The van der Waals surface area contributed by atoms with Crippen molar-refractivity contribution < 1.29 is 5.11 Å². The predicted molar refractivity (Wildman–Crippen MR) is 56.3 cm³/mol. The number of hydrogen-bond acceptors (Lipinski definition) is 4. The third-order valence-corrected chi connectivity index (χ3v) is 2.51. The molecular weight excluding hydrogens is 178 g/mol. The number of nitrogens with zero attached hydrogens (tertiary/aromatic N) is 2. The minimum atomic E-state index is 0.172. The minimum Gasteiger partial charge on any atom is -0.397 e. The standard InChI is InChI=1S/C10H15N3O/c11-9-6-8-2-1-3-13(4-5-14)10(8)12-7-9/h6-7,14H,1-5,11H2. The van der Waals surface area contributed by atoms with Crippen LogP contribution in [-0.4, -0.2) is 29.8 Å². The number of rotatable bonds is 2. The van der Waals surface area contributed by atoms with Gasteiger partial charge in [0.2, 0.25) is 0 Å². The first kappa shape index (κ1) is 9.27. The molecule has 0 unspecified atom stereocenters. The molecule has 4 nitrogen and oxygen atoms in total. The SMILES string of the molecule is Nc1cnc2c(c1)CCCN2CCO. The van der Waals surface area contributed by atoms with Crippen molar-refractivity contribution in [2.24, 2.45) is 0 Å². The number of nitrogen functional groups attached to an aromatic ring is 1. The van der Waals surface area contributed by atoms with Gasteiger partial charge in [0.25, 0.3) is 0 Å². The van der Waals surface area contributed by atoms with E-state index in [1.54, 1.807) is 6.20 Å². The molecule has 0 aliphatic carbocycles. The second-order valence-electron chi connectivity index (χ2n) is 3.57. The molecule has 0 saturated carbocycles. The molecule has 2 rings (SSSR count). The van der Waals surface area contributed by atoms with E-state index < -0.39 is 0 Å². The van der Waals surface area contributed by atoms with Crippen molar-refractivity contribution >= 4 is 11.5 Å². The van der Waals surface area contributed by atoms with Crippen LogP contribution in [0.15, 0.2) is 12.3 Å². The van der Waals surface area contributed by atoms with Crippen LogP contribution in [0.2, 0.25) is 0 Å². The molecule has 1 aliphatic heterocycles.